The first-order valence-corrected chi connectivity index (χ1v) is 20.3. The van der Waals surface area contributed by atoms with Crippen LogP contribution in [0.2, 0.25) is 0 Å². The predicted octanol–water partition coefficient (Wildman–Crippen LogP) is 11.7. The number of carboxylic acids is 1. The third kappa shape index (κ3) is 9.87. The maximum absolute atomic E-state index is 12.9. The molecule has 0 saturated heterocycles. The molecule has 9 atom stereocenters. The summed E-state index contributed by atoms with van der Waals surface area (Å²) < 4.78 is 0. The summed E-state index contributed by atoms with van der Waals surface area (Å²) in [7, 11) is 0. The Morgan fingerprint density at radius 1 is 0.761 bits per heavy atom. The molecular formula is C42H73NO3. The number of hydrogen-bond acceptors (Lipinski definition) is 2. The second-order valence-corrected chi connectivity index (χ2v) is 17.2. The summed E-state index contributed by atoms with van der Waals surface area (Å²) in [6.45, 7) is 9.82. The molecule has 0 radical (unpaired) electrons. The number of fused-ring (bicyclic) bond motifs is 5. The van der Waals surface area contributed by atoms with Crippen molar-refractivity contribution in [3.05, 3.63) is 12.2 Å². The van der Waals surface area contributed by atoms with Crippen LogP contribution in [0.3, 0.4) is 0 Å². The lowest BCUT2D eigenvalue weighted by Gasteiger charge is -2.61. The molecule has 5 unspecified atom stereocenters. The average Bonchev–Trinajstić information content (AvgIpc) is 3.39. The van der Waals surface area contributed by atoms with Gasteiger partial charge in [0.05, 0.1) is 0 Å². The molecule has 0 spiro atoms. The van der Waals surface area contributed by atoms with Gasteiger partial charge in [-0.05, 0) is 143 Å². The molecule has 4 aliphatic carbocycles. The van der Waals surface area contributed by atoms with Crippen molar-refractivity contribution in [2.75, 3.05) is 0 Å². The molecule has 46 heavy (non-hydrogen) atoms. The van der Waals surface area contributed by atoms with Gasteiger partial charge in [-0.15, -0.1) is 0 Å². The van der Waals surface area contributed by atoms with E-state index in [0.29, 0.717) is 47.5 Å². The predicted molar refractivity (Wildman–Crippen MR) is 193 cm³/mol. The fourth-order valence-electron chi connectivity index (χ4n) is 11.6. The zero-order valence-electron chi connectivity index (χ0n) is 30.6. The number of carboxylic acid groups (broad SMARTS) is 1. The van der Waals surface area contributed by atoms with Gasteiger partial charge in [0.15, 0.2) is 0 Å². The first kappa shape index (κ1) is 37.5. The lowest BCUT2D eigenvalue weighted by Crippen LogP contribution is -2.55. The normalized spacial score (nSPS) is 34.5. The maximum atomic E-state index is 12.9. The van der Waals surface area contributed by atoms with Crippen LogP contribution in [0.4, 0.5) is 0 Å². The van der Waals surface area contributed by atoms with Gasteiger partial charge in [0.2, 0.25) is 5.91 Å². The Morgan fingerprint density at radius 3 is 2.09 bits per heavy atom. The van der Waals surface area contributed by atoms with Crippen molar-refractivity contribution < 1.29 is 14.7 Å². The highest BCUT2D eigenvalue weighted by Crippen LogP contribution is 2.68. The molecule has 0 bridgehead atoms. The van der Waals surface area contributed by atoms with Gasteiger partial charge in [-0.3, -0.25) is 9.59 Å². The summed E-state index contributed by atoms with van der Waals surface area (Å²) in [5.41, 5.74) is 0.833. The van der Waals surface area contributed by atoms with Crippen LogP contribution in [0, 0.1) is 46.3 Å². The second kappa shape index (κ2) is 18.4. The standard InChI is InChI=1S/C42H73NO3/c1-5-6-7-8-9-10-11-12-13-14-15-16-17-18-19-20-39(44)43-34-27-29-41(3)33(31-34)22-23-35-37-25-24-36(32(2)21-26-40(45)46)42(37,4)30-28-38(35)41/h12-13,32-38H,5-11,14-31H2,1-4H3,(H,43,44)(H,45,46)/b13-12-/t32?,33?,34-,35?,36+,37?,38?,41-,42+/m0/s1. The minimum Gasteiger partial charge on any atom is -0.481 e. The van der Waals surface area contributed by atoms with E-state index in [1.165, 1.54) is 128 Å². The molecule has 0 aromatic heterocycles. The van der Waals surface area contributed by atoms with Crippen molar-refractivity contribution in [2.45, 2.75) is 194 Å². The molecule has 4 aliphatic rings. The van der Waals surface area contributed by atoms with Crippen molar-refractivity contribution in [3.63, 3.8) is 0 Å². The van der Waals surface area contributed by atoms with Crippen LogP contribution in [0.1, 0.15) is 188 Å². The Labute approximate surface area is 284 Å². The van der Waals surface area contributed by atoms with E-state index in [-0.39, 0.29) is 0 Å². The van der Waals surface area contributed by atoms with Crippen molar-refractivity contribution in [2.24, 2.45) is 46.3 Å². The fraction of sp³-hybridized carbons (Fsp3) is 0.905. The van der Waals surface area contributed by atoms with E-state index in [2.05, 4.69) is 45.2 Å². The highest BCUT2D eigenvalue weighted by atomic mass is 16.4. The van der Waals surface area contributed by atoms with Gasteiger partial charge in [-0.25, -0.2) is 0 Å². The first-order valence-electron chi connectivity index (χ1n) is 20.3. The fourth-order valence-corrected chi connectivity index (χ4v) is 11.6. The number of aliphatic carboxylic acids is 1. The SMILES string of the molecule is CCCCCCCC/C=C\CCCCCCCC(=O)N[C@H]1CC[C@@]2(C)C(CCC3C2CC[C@@]2(C)C3CC[C@@H]2C(C)CCC(=O)O)C1. The summed E-state index contributed by atoms with van der Waals surface area (Å²) in [4.78, 5) is 24.1. The van der Waals surface area contributed by atoms with Gasteiger partial charge >= 0.3 is 5.97 Å². The molecule has 0 aromatic rings. The van der Waals surface area contributed by atoms with Crippen molar-refractivity contribution in [3.8, 4) is 0 Å². The van der Waals surface area contributed by atoms with Crippen LogP contribution >= 0.6 is 0 Å². The number of nitrogens with one attached hydrogen (secondary N) is 1. The summed E-state index contributed by atoms with van der Waals surface area (Å²) in [5, 5.41) is 12.7. The van der Waals surface area contributed by atoms with Crippen LogP contribution in [0.15, 0.2) is 12.2 Å². The zero-order valence-corrected chi connectivity index (χ0v) is 30.6. The molecule has 0 aliphatic heterocycles. The van der Waals surface area contributed by atoms with Crippen molar-refractivity contribution >= 4 is 11.9 Å². The third-order valence-corrected chi connectivity index (χ3v) is 14.3. The van der Waals surface area contributed by atoms with E-state index < -0.39 is 5.97 Å². The van der Waals surface area contributed by atoms with Crippen LogP contribution in [0.5, 0.6) is 0 Å². The monoisotopic (exact) mass is 640 g/mol. The Balaban J connectivity index is 1.10. The Morgan fingerprint density at radius 2 is 1.39 bits per heavy atom. The molecule has 4 saturated carbocycles. The molecule has 0 heterocycles. The van der Waals surface area contributed by atoms with Crippen LogP contribution in [-0.4, -0.2) is 23.0 Å². The first-order chi connectivity index (χ1) is 22.2. The summed E-state index contributed by atoms with van der Waals surface area (Å²) in [6, 6.07) is 0.380. The van der Waals surface area contributed by atoms with E-state index in [1.807, 2.05) is 0 Å². The van der Waals surface area contributed by atoms with Gasteiger partial charge in [-0.1, -0.05) is 91.2 Å². The van der Waals surface area contributed by atoms with Gasteiger partial charge in [-0.2, -0.15) is 0 Å². The van der Waals surface area contributed by atoms with E-state index in [1.54, 1.807) is 0 Å². The summed E-state index contributed by atoms with van der Waals surface area (Å²) in [5.74, 6) is 4.12. The zero-order chi connectivity index (χ0) is 33.0. The quantitative estimate of drug-likeness (QED) is 0.103. The van der Waals surface area contributed by atoms with Gasteiger partial charge < -0.3 is 10.4 Å². The number of amides is 1. The molecule has 1 amide bonds. The molecule has 0 aromatic carbocycles. The summed E-state index contributed by atoms with van der Waals surface area (Å²) in [6.07, 6.45) is 35.1. The number of carbonyl (C=O) groups is 2. The molecular weight excluding hydrogens is 566 g/mol. The number of allylic oxidation sites excluding steroid dienone is 2. The van der Waals surface area contributed by atoms with E-state index >= 15 is 0 Å². The number of hydrogen-bond donors (Lipinski definition) is 2. The van der Waals surface area contributed by atoms with Crippen molar-refractivity contribution in [1.82, 2.24) is 5.32 Å². The number of rotatable bonds is 20. The minimum atomic E-state index is -0.642. The van der Waals surface area contributed by atoms with Crippen molar-refractivity contribution in [1.29, 1.82) is 0 Å². The second-order valence-electron chi connectivity index (χ2n) is 17.2. The van der Waals surface area contributed by atoms with Gasteiger partial charge in [0, 0.05) is 18.9 Å². The maximum Gasteiger partial charge on any atom is 0.303 e. The molecule has 4 rings (SSSR count). The number of carbonyl (C=O) groups excluding carboxylic acids is 1. The van der Waals surface area contributed by atoms with Crippen LogP contribution < -0.4 is 5.32 Å². The highest BCUT2D eigenvalue weighted by molar-refractivity contribution is 5.76. The average molecular weight is 640 g/mol. The summed E-state index contributed by atoms with van der Waals surface area (Å²) >= 11 is 0. The Bertz CT molecular complexity index is 961. The lowest BCUT2D eigenvalue weighted by molar-refractivity contribution is -0.137. The van der Waals surface area contributed by atoms with Gasteiger partial charge in [0.1, 0.15) is 0 Å². The van der Waals surface area contributed by atoms with E-state index in [0.717, 1.165) is 42.9 Å². The highest BCUT2D eigenvalue weighted by Gasteiger charge is 2.60. The topological polar surface area (TPSA) is 66.4 Å². The van der Waals surface area contributed by atoms with Gasteiger partial charge in [0.25, 0.3) is 0 Å². The molecule has 2 N–H and O–H groups in total. The Kier molecular flexibility index (Phi) is 15.0. The molecule has 4 heteroatoms. The van der Waals surface area contributed by atoms with Crippen LogP contribution in [-0.2, 0) is 9.59 Å². The molecule has 264 valence electrons. The Hall–Kier alpha value is -1.32. The smallest absolute Gasteiger partial charge is 0.303 e. The largest absolute Gasteiger partial charge is 0.481 e. The number of unbranched alkanes of at least 4 members (excludes halogenated alkanes) is 11. The minimum absolute atomic E-state index is 0.294. The lowest BCUT2D eigenvalue weighted by atomic mass is 9.44. The van der Waals surface area contributed by atoms with E-state index in [4.69, 9.17) is 0 Å². The molecule has 4 nitrogen and oxygen atoms in total. The van der Waals surface area contributed by atoms with Crippen LogP contribution in [0.25, 0.3) is 0 Å². The van der Waals surface area contributed by atoms with E-state index in [9.17, 15) is 14.7 Å². The molecule has 4 fully saturated rings. The third-order valence-electron chi connectivity index (χ3n) is 14.3.